The number of nitrogens with zero attached hydrogens (tertiary/aromatic N) is 1. The van der Waals surface area contributed by atoms with Gasteiger partial charge in [0, 0.05) is 13.0 Å². The van der Waals surface area contributed by atoms with Crippen LogP contribution in [0.2, 0.25) is 0 Å². The Morgan fingerprint density at radius 2 is 0.912 bits per heavy atom. The van der Waals surface area contributed by atoms with Crippen LogP contribution >= 0.6 is 0 Å². The summed E-state index contributed by atoms with van der Waals surface area (Å²) in [6.45, 7) is 5.94. The van der Waals surface area contributed by atoms with Crippen LogP contribution < -0.4 is 0 Å². The average molecular weight is 483 g/mol. The molecule has 0 rings (SSSR count). The summed E-state index contributed by atoms with van der Waals surface area (Å²) < 4.78 is 6.67. The standard InChI is InChI=1S/C31H64NO2/c1-6-8-10-12-14-16-17-18-20-22-24-26-28-34-29-30(32(3,4)5)31(33)27-25-23-21-19-15-13-11-9-7-2/h30H,6-29H2,1-5H3/q+1. The van der Waals surface area contributed by atoms with E-state index in [0.717, 1.165) is 25.9 Å². The van der Waals surface area contributed by atoms with Gasteiger partial charge in [-0.05, 0) is 12.8 Å². The van der Waals surface area contributed by atoms with E-state index in [1.807, 2.05) is 0 Å². The van der Waals surface area contributed by atoms with Gasteiger partial charge >= 0.3 is 0 Å². The second-order valence-corrected chi connectivity index (χ2v) is 11.6. The normalized spacial score (nSPS) is 12.9. The van der Waals surface area contributed by atoms with E-state index in [4.69, 9.17) is 4.74 Å². The molecule has 1 atom stereocenters. The zero-order valence-corrected chi connectivity index (χ0v) is 24.3. The third-order valence-corrected chi connectivity index (χ3v) is 7.25. The third-order valence-electron chi connectivity index (χ3n) is 7.25. The molecule has 34 heavy (non-hydrogen) atoms. The van der Waals surface area contributed by atoms with Gasteiger partial charge < -0.3 is 9.22 Å². The summed E-state index contributed by atoms with van der Waals surface area (Å²) in [6, 6.07) is -0.0219. The number of rotatable bonds is 27. The molecule has 0 spiro atoms. The molecule has 3 heteroatoms. The van der Waals surface area contributed by atoms with Crippen molar-refractivity contribution >= 4 is 5.78 Å². The molecule has 0 radical (unpaired) electrons. The molecule has 0 saturated carbocycles. The van der Waals surface area contributed by atoms with Gasteiger partial charge in [-0.1, -0.05) is 136 Å². The summed E-state index contributed by atoms with van der Waals surface area (Å²) in [4.78, 5) is 12.9. The molecule has 0 aliphatic rings. The van der Waals surface area contributed by atoms with E-state index < -0.39 is 0 Å². The lowest BCUT2D eigenvalue weighted by Gasteiger charge is -2.33. The van der Waals surface area contributed by atoms with Crippen LogP contribution in [0, 0.1) is 0 Å². The number of ether oxygens (including phenoxy) is 1. The number of ketones is 1. The minimum Gasteiger partial charge on any atom is -0.375 e. The van der Waals surface area contributed by atoms with Crippen molar-refractivity contribution in [2.75, 3.05) is 34.4 Å². The van der Waals surface area contributed by atoms with Crippen molar-refractivity contribution < 1.29 is 14.0 Å². The van der Waals surface area contributed by atoms with E-state index in [1.54, 1.807) is 0 Å². The molecular formula is C31H64NO2+. The van der Waals surface area contributed by atoms with Crippen molar-refractivity contribution in [1.82, 2.24) is 0 Å². The van der Waals surface area contributed by atoms with Gasteiger partial charge in [0.25, 0.3) is 0 Å². The minimum atomic E-state index is -0.0219. The quantitative estimate of drug-likeness (QED) is 0.0861. The molecule has 3 nitrogen and oxygen atoms in total. The monoisotopic (exact) mass is 482 g/mol. The molecule has 0 saturated heterocycles. The Morgan fingerprint density at radius 3 is 1.29 bits per heavy atom. The Labute approximate surface area is 215 Å². The Kier molecular flexibility index (Phi) is 24.0. The SMILES string of the molecule is CCCCCCCCCCCCCCOCC(C(=O)CCCCCCCCCCC)[N+](C)(C)C. The highest BCUT2D eigenvalue weighted by atomic mass is 16.5. The van der Waals surface area contributed by atoms with Crippen LogP contribution in [-0.2, 0) is 9.53 Å². The first-order valence-electron chi connectivity index (χ1n) is 15.3. The molecule has 1 unspecified atom stereocenters. The number of quaternary nitrogens is 1. The summed E-state index contributed by atoms with van der Waals surface area (Å²) in [5.41, 5.74) is 0. The number of hydrogen-bond donors (Lipinski definition) is 0. The van der Waals surface area contributed by atoms with Crippen molar-refractivity contribution in [2.24, 2.45) is 0 Å². The zero-order chi connectivity index (χ0) is 25.3. The van der Waals surface area contributed by atoms with E-state index in [0.29, 0.717) is 16.9 Å². The van der Waals surface area contributed by atoms with Gasteiger partial charge in [0.05, 0.1) is 21.1 Å². The predicted molar refractivity (Wildman–Crippen MR) is 151 cm³/mol. The van der Waals surface area contributed by atoms with Crippen LogP contribution in [0.4, 0.5) is 0 Å². The first-order chi connectivity index (χ1) is 16.4. The Morgan fingerprint density at radius 1 is 0.559 bits per heavy atom. The average Bonchev–Trinajstić information content (AvgIpc) is 2.79. The lowest BCUT2D eigenvalue weighted by atomic mass is 10.0. The Hall–Kier alpha value is -0.410. The first kappa shape index (κ1) is 33.6. The summed E-state index contributed by atoms with van der Waals surface area (Å²) in [7, 11) is 6.39. The fourth-order valence-electron chi connectivity index (χ4n) is 4.77. The summed E-state index contributed by atoms with van der Waals surface area (Å²) in [5, 5.41) is 0. The molecule has 0 aromatic carbocycles. The number of hydrogen-bond acceptors (Lipinski definition) is 2. The number of Topliss-reactive ketones (excluding diaryl/α,β-unsaturated/α-hetero) is 1. The van der Waals surface area contributed by atoms with E-state index in [1.165, 1.54) is 122 Å². The summed E-state index contributed by atoms with van der Waals surface area (Å²) >= 11 is 0. The molecule has 0 fully saturated rings. The fraction of sp³-hybridized carbons (Fsp3) is 0.968. The molecule has 204 valence electrons. The van der Waals surface area contributed by atoms with Crippen molar-refractivity contribution in [1.29, 1.82) is 0 Å². The zero-order valence-electron chi connectivity index (χ0n) is 24.3. The Balaban J connectivity index is 3.72. The van der Waals surface area contributed by atoms with Crippen LogP contribution in [0.25, 0.3) is 0 Å². The van der Waals surface area contributed by atoms with Gasteiger partial charge in [0.15, 0.2) is 11.8 Å². The minimum absolute atomic E-state index is 0.0219. The van der Waals surface area contributed by atoms with Crippen molar-refractivity contribution in [3.05, 3.63) is 0 Å². The highest BCUT2D eigenvalue weighted by Crippen LogP contribution is 2.15. The molecule has 0 heterocycles. The van der Waals surface area contributed by atoms with Gasteiger partial charge in [0.1, 0.15) is 6.61 Å². The molecule has 0 aliphatic heterocycles. The second kappa shape index (κ2) is 24.3. The van der Waals surface area contributed by atoms with Crippen molar-refractivity contribution in [2.45, 2.75) is 161 Å². The molecule has 0 aromatic rings. The molecule has 0 N–H and O–H groups in total. The molecule has 0 bridgehead atoms. The molecule has 0 aliphatic carbocycles. The van der Waals surface area contributed by atoms with Crippen LogP contribution in [0.1, 0.15) is 155 Å². The van der Waals surface area contributed by atoms with Gasteiger partial charge in [-0.2, -0.15) is 0 Å². The predicted octanol–water partition coefficient (Wildman–Crippen LogP) is 9.27. The molecule has 0 aromatic heterocycles. The van der Waals surface area contributed by atoms with E-state index in [2.05, 4.69) is 35.0 Å². The lowest BCUT2D eigenvalue weighted by Crippen LogP contribution is -2.52. The fourth-order valence-corrected chi connectivity index (χ4v) is 4.77. The Bertz CT molecular complexity index is 430. The lowest BCUT2D eigenvalue weighted by molar-refractivity contribution is -0.887. The largest absolute Gasteiger partial charge is 0.375 e. The molecule has 0 amide bonds. The van der Waals surface area contributed by atoms with Crippen LogP contribution in [0.3, 0.4) is 0 Å². The topological polar surface area (TPSA) is 26.3 Å². The van der Waals surface area contributed by atoms with Gasteiger partial charge in [-0.25, -0.2) is 0 Å². The summed E-state index contributed by atoms with van der Waals surface area (Å²) in [6.07, 6.45) is 28.8. The van der Waals surface area contributed by atoms with Gasteiger partial charge in [-0.3, -0.25) is 4.79 Å². The number of likely N-dealkylation sites (N-methyl/N-ethyl adjacent to an activating group) is 1. The maximum atomic E-state index is 12.9. The number of unbranched alkanes of at least 4 members (excludes halogenated alkanes) is 19. The van der Waals surface area contributed by atoms with Crippen LogP contribution in [0.5, 0.6) is 0 Å². The third kappa shape index (κ3) is 22.1. The van der Waals surface area contributed by atoms with E-state index in [9.17, 15) is 4.79 Å². The van der Waals surface area contributed by atoms with Gasteiger partial charge in [0.2, 0.25) is 0 Å². The number of carbonyl (C=O) groups is 1. The van der Waals surface area contributed by atoms with Crippen molar-refractivity contribution in [3.63, 3.8) is 0 Å². The smallest absolute Gasteiger partial charge is 0.192 e. The van der Waals surface area contributed by atoms with Crippen LogP contribution in [0.15, 0.2) is 0 Å². The highest BCUT2D eigenvalue weighted by Gasteiger charge is 2.30. The number of carbonyl (C=O) groups excluding carboxylic acids is 1. The maximum absolute atomic E-state index is 12.9. The van der Waals surface area contributed by atoms with Gasteiger partial charge in [-0.15, -0.1) is 0 Å². The first-order valence-corrected chi connectivity index (χ1v) is 15.3. The van der Waals surface area contributed by atoms with Crippen molar-refractivity contribution in [3.8, 4) is 0 Å². The second-order valence-electron chi connectivity index (χ2n) is 11.6. The van der Waals surface area contributed by atoms with E-state index >= 15 is 0 Å². The molecular weight excluding hydrogens is 418 g/mol. The highest BCUT2D eigenvalue weighted by molar-refractivity contribution is 5.83. The van der Waals surface area contributed by atoms with Crippen LogP contribution in [-0.4, -0.2) is 50.7 Å². The maximum Gasteiger partial charge on any atom is 0.192 e. The summed E-state index contributed by atoms with van der Waals surface area (Å²) in [5.74, 6) is 0.394. The van der Waals surface area contributed by atoms with E-state index in [-0.39, 0.29) is 6.04 Å².